The van der Waals surface area contributed by atoms with E-state index in [0.29, 0.717) is 5.92 Å². The standard InChI is InChI=1S/C13H17Br2NO.ClH/c14-10-6-5-9(7-11(10)15)12(16)13(17)8-3-1-2-4-8;/h5-8,12-13,17H,1-4,16H2;1H/t12-,13+;/m1./s1. The fraction of sp³-hybridized carbons (Fsp3) is 0.538. The predicted octanol–water partition coefficient (Wildman–Crippen LogP) is 4.18. The van der Waals surface area contributed by atoms with Gasteiger partial charge in [-0.3, -0.25) is 0 Å². The van der Waals surface area contributed by atoms with Crippen molar-refractivity contribution >= 4 is 44.3 Å². The van der Waals surface area contributed by atoms with Crippen molar-refractivity contribution in [2.45, 2.75) is 37.8 Å². The van der Waals surface area contributed by atoms with Gasteiger partial charge < -0.3 is 10.8 Å². The van der Waals surface area contributed by atoms with Crippen molar-refractivity contribution < 1.29 is 5.11 Å². The van der Waals surface area contributed by atoms with E-state index in [1.54, 1.807) is 0 Å². The summed E-state index contributed by atoms with van der Waals surface area (Å²) in [6.07, 6.45) is 4.22. The molecule has 0 amide bonds. The Kier molecular flexibility index (Phi) is 6.62. The Labute approximate surface area is 131 Å². The number of benzene rings is 1. The van der Waals surface area contributed by atoms with Gasteiger partial charge in [0.15, 0.2) is 0 Å². The molecule has 0 unspecified atom stereocenters. The minimum absolute atomic E-state index is 0. The molecule has 1 saturated carbocycles. The van der Waals surface area contributed by atoms with Gasteiger partial charge in [0.2, 0.25) is 0 Å². The smallest absolute Gasteiger partial charge is 0.0760 e. The highest BCUT2D eigenvalue weighted by molar-refractivity contribution is 9.13. The van der Waals surface area contributed by atoms with Crippen molar-refractivity contribution in [3.8, 4) is 0 Å². The van der Waals surface area contributed by atoms with Gasteiger partial charge in [-0.25, -0.2) is 0 Å². The molecule has 0 aromatic heterocycles. The maximum absolute atomic E-state index is 10.3. The van der Waals surface area contributed by atoms with Crippen molar-refractivity contribution in [3.05, 3.63) is 32.7 Å². The molecule has 0 radical (unpaired) electrons. The molecule has 0 spiro atoms. The summed E-state index contributed by atoms with van der Waals surface area (Å²) >= 11 is 6.89. The predicted molar refractivity (Wildman–Crippen MR) is 84.0 cm³/mol. The van der Waals surface area contributed by atoms with Crippen LogP contribution in [0.2, 0.25) is 0 Å². The van der Waals surface area contributed by atoms with Crippen molar-refractivity contribution in [2.75, 3.05) is 0 Å². The summed E-state index contributed by atoms with van der Waals surface area (Å²) in [5.41, 5.74) is 7.14. The minimum atomic E-state index is -0.425. The molecule has 2 nitrogen and oxygen atoms in total. The van der Waals surface area contributed by atoms with E-state index in [1.165, 1.54) is 12.8 Å². The average Bonchev–Trinajstić information content (AvgIpc) is 2.84. The van der Waals surface area contributed by atoms with Gasteiger partial charge in [0.05, 0.1) is 12.1 Å². The molecule has 0 heterocycles. The zero-order chi connectivity index (χ0) is 12.4. The minimum Gasteiger partial charge on any atom is -0.391 e. The van der Waals surface area contributed by atoms with E-state index in [9.17, 15) is 5.11 Å². The molecular formula is C13H18Br2ClNO. The molecule has 1 aliphatic rings. The van der Waals surface area contributed by atoms with Crippen LogP contribution in [0.25, 0.3) is 0 Å². The van der Waals surface area contributed by atoms with Gasteiger partial charge in [-0.15, -0.1) is 12.4 Å². The van der Waals surface area contributed by atoms with Crippen LogP contribution in [0.5, 0.6) is 0 Å². The molecule has 2 atom stereocenters. The summed E-state index contributed by atoms with van der Waals surface area (Å²) in [4.78, 5) is 0. The number of nitrogens with two attached hydrogens (primary N) is 1. The Morgan fingerprint density at radius 3 is 2.33 bits per heavy atom. The molecule has 1 aromatic rings. The van der Waals surface area contributed by atoms with Crippen LogP contribution in [0.15, 0.2) is 27.1 Å². The number of aliphatic hydroxyl groups is 1. The number of aliphatic hydroxyl groups excluding tert-OH is 1. The van der Waals surface area contributed by atoms with Crippen LogP contribution in [0.3, 0.4) is 0 Å². The molecule has 1 aromatic carbocycles. The average molecular weight is 400 g/mol. The van der Waals surface area contributed by atoms with Crippen LogP contribution in [0.1, 0.15) is 37.3 Å². The second-order valence-electron chi connectivity index (χ2n) is 4.73. The highest BCUT2D eigenvalue weighted by Gasteiger charge is 2.28. The first kappa shape index (κ1) is 16.4. The van der Waals surface area contributed by atoms with Crippen molar-refractivity contribution in [1.82, 2.24) is 0 Å². The molecule has 102 valence electrons. The highest BCUT2D eigenvalue weighted by Crippen LogP contribution is 2.34. The second-order valence-corrected chi connectivity index (χ2v) is 6.44. The van der Waals surface area contributed by atoms with Gasteiger partial charge in [0.25, 0.3) is 0 Å². The van der Waals surface area contributed by atoms with Crippen molar-refractivity contribution in [3.63, 3.8) is 0 Å². The van der Waals surface area contributed by atoms with E-state index in [0.717, 1.165) is 27.4 Å². The molecule has 0 bridgehead atoms. The first-order valence-electron chi connectivity index (χ1n) is 5.98. The molecule has 0 aliphatic heterocycles. The molecular weight excluding hydrogens is 381 g/mol. The van der Waals surface area contributed by atoms with E-state index in [4.69, 9.17) is 5.73 Å². The monoisotopic (exact) mass is 397 g/mol. The second kappa shape index (κ2) is 7.25. The zero-order valence-corrected chi connectivity index (χ0v) is 14.0. The Balaban J connectivity index is 0.00000162. The van der Waals surface area contributed by atoms with E-state index < -0.39 is 6.10 Å². The third-order valence-corrected chi connectivity index (χ3v) is 5.46. The molecule has 5 heteroatoms. The fourth-order valence-electron chi connectivity index (χ4n) is 2.51. The normalized spacial score (nSPS) is 19.3. The highest BCUT2D eigenvalue weighted by atomic mass is 79.9. The number of hydrogen-bond acceptors (Lipinski definition) is 2. The SMILES string of the molecule is Cl.N[C@H](c1ccc(Br)c(Br)c1)[C@@H](O)C1CCCC1. The lowest BCUT2D eigenvalue weighted by Crippen LogP contribution is -2.31. The summed E-state index contributed by atoms with van der Waals surface area (Å²) in [5.74, 6) is 0.368. The maximum Gasteiger partial charge on any atom is 0.0760 e. The van der Waals surface area contributed by atoms with Crippen LogP contribution in [0.4, 0.5) is 0 Å². The molecule has 18 heavy (non-hydrogen) atoms. The van der Waals surface area contributed by atoms with E-state index in [1.807, 2.05) is 18.2 Å². The molecule has 3 N–H and O–H groups in total. The lowest BCUT2D eigenvalue weighted by Gasteiger charge is -2.24. The zero-order valence-electron chi connectivity index (χ0n) is 9.98. The van der Waals surface area contributed by atoms with E-state index in [2.05, 4.69) is 31.9 Å². The number of hydrogen-bond donors (Lipinski definition) is 2. The first-order valence-corrected chi connectivity index (χ1v) is 7.57. The summed E-state index contributed by atoms with van der Waals surface area (Å²) in [6.45, 7) is 0. The van der Waals surface area contributed by atoms with Crippen molar-refractivity contribution in [1.29, 1.82) is 0 Å². The molecule has 2 rings (SSSR count). The third-order valence-electron chi connectivity index (χ3n) is 3.58. The van der Waals surface area contributed by atoms with Gasteiger partial charge >= 0.3 is 0 Å². The molecule has 1 aliphatic carbocycles. The number of rotatable bonds is 3. The Hall–Kier alpha value is 0.390. The Morgan fingerprint density at radius 2 is 1.78 bits per heavy atom. The van der Waals surface area contributed by atoms with Crippen LogP contribution in [-0.4, -0.2) is 11.2 Å². The topological polar surface area (TPSA) is 46.2 Å². The quantitative estimate of drug-likeness (QED) is 0.801. The third kappa shape index (κ3) is 3.70. The van der Waals surface area contributed by atoms with Crippen molar-refractivity contribution in [2.24, 2.45) is 11.7 Å². The lowest BCUT2D eigenvalue weighted by atomic mass is 9.91. The van der Waals surface area contributed by atoms with Crippen LogP contribution in [0, 0.1) is 5.92 Å². The van der Waals surface area contributed by atoms with Crippen LogP contribution in [-0.2, 0) is 0 Å². The van der Waals surface area contributed by atoms with Crippen LogP contribution >= 0.6 is 44.3 Å². The van der Waals surface area contributed by atoms with Gasteiger partial charge in [0.1, 0.15) is 0 Å². The molecule has 0 saturated heterocycles. The molecule has 1 fully saturated rings. The summed E-state index contributed by atoms with van der Waals surface area (Å²) < 4.78 is 1.98. The summed E-state index contributed by atoms with van der Waals surface area (Å²) in [7, 11) is 0. The fourth-order valence-corrected chi connectivity index (χ4v) is 3.15. The maximum atomic E-state index is 10.3. The Bertz CT molecular complexity index is 397. The van der Waals surface area contributed by atoms with Gasteiger partial charge in [-0.2, -0.15) is 0 Å². The lowest BCUT2D eigenvalue weighted by molar-refractivity contribution is 0.0845. The van der Waals surface area contributed by atoms with E-state index >= 15 is 0 Å². The largest absolute Gasteiger partial charge is 0.391 e. The van der Waals surface area contributed by atoms with Gasteiger partial charge in [-0.1, -0.05) is 18.9 Å². The van der Waals surface area contributed by atoms with Crippen LogP contribution < -0.4 is 5.73 Å². The van der Waals surface area contributed by atoms with Gasteiger partial charge in [-0.05, 0) is 68.3 Å². The first-order chi connectivity index (χ1) is 8.09. The Morgan fingerprint density at radius 1 is 1.17 bits per heavy atom. The summed E-state index contributed by atoms with van der Waals surface area (Å²) in [5, 5.41) is 10.3. The number of halogens is 3. The van der Waals surface area contributed by atoms with Gasteiger partial charge in [0, 0.05) is 8.95 Å². The van der Waals surface area contributed by atoms with E-state index in [-0.39, 0.29) is 18.4 Å². The summed E-state index contributed by atoms with van der Waals surface area (Å²) in [6, 6.07) is 5.62.